The smallest absolute Gasteiger partial charge is 0.147 e. The Hall–Kier alpha value is -2.85. The van der Waals surface area contributed by atoms with E-state index in [1.165, 1.54) is 70.9 Å². The number of hydrogen-bond donors (Lipinski definition) is 2. The minimum atomic E-state index is 0.691. The van der Waals surface area contributed by atoms with Gasteiger partial charge < -0.3 is 10.6 Å². The third kappa shape index (κ3) is 4.12. The van der Waals surface area contributed by atoms with Crippen molar-refractivity contribution in [2.45, 2.75) is 58.9 Å². The van der Waals surface area contributed by atoms with Gasteiger partial charge in [0.15, 0.2) is 0 Å². The zero-order valence-electron chi connectivity index (χ0n) is 19.5. The number of anilines is 1. The lowest BCUT2D eigenvalue weighted by Gasteiger charge is -2.23. The number of nitrogens with one attached hydrogen (secondary N) is 2. The number of nitrogens with zero attached hydrogens (tertiary/aromatic N) is 2. The molecule has 0 unspecified atom stereocenters. The number of pyridine rings is 1. The van der Waals surface area contributed by atoms with Crippen LogP contribution in [-0.2, 0) is 0 Å². The van der Waals surface area contributed by atoms with Gasteiger partial charge in [0.25, 0.3) is 0 Å². The van der Waals surface area contributed by atoms with Gasteiger partial charge in [-0.1, -0.05) is 43.5 Å². The molecule has 0 spiro atoms. The van der Waals surface area contributed by atoms with Crippen LogP contribution in [0, 0.1) is 20.8 Å². The fourth-order valence-corrected chi connectivity index (χ4v) is 5.34. The fourth-order valence-electron chi connectivity index (χ4n) is 5.34. The Labute approximate surface area is 191 Å². The fraction of sp³-hybridized carbons (Fsp3) is 0.393. The average molecular weight is 427 g/mol. The van der Waals surface area contributed by atoms with Crippen LogP contribution in [0.15, 0.2) is 48.5 Å². The minimum absolute atomic E-state index is 0.691. The van der Waals surface area contributed by atoms with Gasteiger partial charge in [0, 0.05) is 41.6 Å². The van der Waals surface area contributed by atoms with Crippen molar-refractivity contribution in [3.8, 4) is 5.69 Å². The summed E-state index contributed by atoms with van der Waals surface area (Å²) in [6, 6.07) is 18.3. The second-order valence-corrected chi connectivity index (χ2v) is 9.42. The van der Waals surface area contributed by atoms with Gasteiger partial charge in [-0.15, -0.1) is 0 Å². The molecule has 4 nitrogen and oxygen atoms in total. The number of benzene rings is 2. The van der Waals surface area contributed by atoms with Crippen LogP contribution in [0.3, 0.4) is 0 Å². The number of aryl methyl sites for hydroxylation is 3. The van der Waals surface area contributed by atoms with Crippen LogP contribution < -0.4 is 10.6 Å². The first kappa shape index (κ1) is 21.0. The summed E-state index contributed by atoms with van der Waals surface area (Å²) in [6.45, 7) is 8.32. The molecule has 1 saturated carbocycles. The molecule has 32 heavy (non-hydrogen) atoms. The zero-order chi connectivity index (χ0) is 22.1. The first-order valence-corrected chi connectivity index (χ1v) is 12.1. The Bertz CT molecular complexity index is 1230. The maximum atomic E-state index is 5.02. The van der Waals surface area contributed by atoms with Crippen molar-refractivity contribution in [3.05, 3.63) is 65.4 Å². The first-order valence-electron chi connectivity index (χ1n) is 12.1. The van der Waals surface area contributed by atoms with Gasteiger partial charge in [0.1, 0.15) is 5.65 Å². The summed E-state index contributed by atoms with van der Waals surface area (Å²) in [5, 5.41) is 9.94. The molecule has 2 heterocycles. The van der Waals surface area contributed by atoms with Crippen molar-refractivity contribution in [1.29, 1.82) is 0 Å². The van der Waals surface area contributed by atoms with E-state index in [9.17, 15) is 0 Å². The Morgan fingerprint density at radius 2 is 1.66 bits per heavy atom. The molecule has 0 bridgehead atoms. The van der Waals surface area contributed by atoms with Gasteiger partial charge >= 0.3 is 0 Å². The SMILES string of the molecule is Cc1cc(C)cc(-n2c3ccccc3c3c(NCCNC4CCCCC4)cc(C)nc32)c1. The largest absolute Gasteiger partial charge is 0.383 e. The normalized spacial score (nSPS) is 15.0. The van der Waals surface area contributed by atoms with Crippen molar-refractivity contribution in [2.75, 3.05) is 18.4 Å². The van der Waals surface area contributed by atoms with Crippen LogP contribution in [0.5, 0.6) is 0 Å². The van der Waals surface area contributed by atoms with Crippen LogP contribution in [0.1, 0.15) is 48.9 Å². The molecule has 1 fully saturated rings. The van der Waals surface area contributed by atoms with E-state index in [1.807, 2.05) is 0 Å². The van der Waals surface area contributed by atoms with Gasteiger partial charge in [0.2, 0.25) is 0 Å². The minimum Gasteiger partial charge on any atom is -0.383 e. The van der Waals surface area contributed by atoms with E-state index < -0.39 is 0 Å². The van der Waals surface area contributed by atoms with Crippen LogP contribution >= 0.6 is 0 Å². The van der Waals surface area contributed by atoms with Gasteiger partial charge in [-0.25, -0.2) is 4.98 Å². The highest BCUT2D eigenvalue weighted by atomic mass is 15.1. The highest BCUT2D eigenvalue weighted by Gasteiger charge is 2.18. The van der Waals surface area contributed by atoms with Crippen molar-refractivity contribution in [1.82, 2.24) is 14.9 Å². The topological polar surface area (TPSA) is 41.9 Å². The molecule has 2 N–H and O–H groups in total. The van der Waals surface area contributed by atoms with Gasteiger partial charge in [0.05, 0.1) is 10.9 Å². The zero-order valence-corrected chi connectivity index (χ0v) is 19.5. The average Bonchev–Trinajstić information content (AvgIpc) is 3.10. The lowest BCUT2D eigenvalue weighted by molar-refractivity contribution is 0.378. The van der Waals surface area contributed by atoms with Crippen molar-refractivity contribution < 1.29 is 0 Å². The predicted molar refractivity (Wildman–Crippen MR) is 136 cm³/mol. The van der Waals surface area contributed by atoms with Crippen molar-refractivity contribution in [3.63, 3.8) is 0 Å². The number of para-hydroxylation sites is 1. The van der Waals surface area contributed by atoms with Crippen molar-refractivity contribution >= 4 is 27.6 Å². The molecule has 0 saturated heterocycles. The van der Waals surface area contributed by atoms with Crippen molar-refractivity contribution in [2.24, 2.45) is 0 Å². The van der Waals surface area contributed by atoms with Crippen LogP contribution in [0.4, 0.5) is 5.69 Å². The van der Waals surface area contributed by atoms with Crippen LogP contribution in [-0.4, -0.2) is 28.7 Å². The monoisotopic (exact) mass is 426 g/mol. The van der Waals surface area contributed by atoms with E-state index in [0.29, 0.717) is 6.04 Å². The molecule has 0 atom stereocenters. The maximum Gasteiger partial charge on any atom is 0.147 e. The third-order valence-electron chi connectivity index (χ3n) is 6.70. The molecule has 4 heteroatoms. The molecule has 2 aromatic heterocycles. The molecular formula is C28H34N4. The lowest BCUT2D eigenvalue weighted by Crippen LogP contribution is -2.34. The van der Waals surface area contributed by atoms with Crippen LogP contribution in [0.25, 0.3) is 27.6 Å². The number of fused-ring (bicyclic) bond motifs is 3. The third-order valence-corrected chi connectivity index (χ3v) is 6.70. The standard InChI is InChI=1S/C28H34N4/c1-19-15-20(2)17-23(16-19)32-26-12-8-7-11-24(26)27-25(18-21(3)31-28(27)32)30-14-13-29-22-9-5-4-6-10-22/h7-8,11-12,15-18,22,29H,4-6,9-10,13-14H2,1-3H3,(H,30,31). The molecule has 166 valence electrons. The Kier molecular flexibility index (Phi) is 5.88. The van der Waals surface area contributed by atoms with E-state index in [1.54, 1.807) is 0 Å². The summed E-state index contributed by atoms with van der Waals surface area (Å²) in [4.78, 5) is 5.02. The second-order valence-electron chi connectivity index (χ2n) is 9.42. The van der Waals surface area contributed by atoms with E-state index in [0.717, 1.165) is 24.4 Å². The Balaban J connectivity index is 1.53. The summed E-state index contributed by atoms with van der Waals surface area (Å²) in [7, 11) is 0. The quantitative estimate of drug-likeness (QED) is 0.349. The summed E-state index contributed by atoms with van der Waals surface area (Å²) < 4.78 is 2.32. The highest BCUT2D eigenvalue weighted by molar-refractivity contribution is 6.13. The van der Waals surface area contributed by atoms with Gasteiger partial charge in [-0.3, -0.25) is 4.57 Å². The number of hydrogen-bond acceptors (Lipinski definition) is 3. The van der Waals surface area contributed by atoms with E-state index >= 15 is 0 Å². The van der Waals surface area contributed by atoms with Crippen LogP contribution in [0.2, 0.25) is 0 Å². The first-order chi connectivity index (χ1) is 15.6. The predicted octanol–water partition coefficient (Wildman–Crippen LogP) is 6.44. The summed E-state index contributed by atoms with van der Waals surface area (Å²) in [5.74, 6) is 0. The summed E-state index contributed by atoms with van der Waals surface area (Å²) >= 11 is 0. The molecule has 2 aromatic carbocycles. The maximum absolute atomic E-state index is 5.02. The molecule has 1 aliphatic rings. The Morgan fingerprint density at radius 3 is 2.44 bits per heavy atom. The van der Waals surface area contributed by atoms with E-state index in [4.69, 9.17) is 4.98 Å². The summed E-state index contributed by atoms with van der Waals surface area (Å²) in [5.41, 5.74) is 8.16. The van der Waals surface area contributed by atoms with E-state index in [2.05, 4.69) is 84.5 Å². The molecule has 0 amide bonds. The van der Waals surface area contributed by atoms with E-state index in [-0.39, 0.29) is 0 Å². The molecular weight excluding hydrogens is 392 g/mol. The number of aromatic nitrogens is 2. The second kappa shape index (κ2) is 8.95. The Morgan fingerprint density at radius 1 is 0.906 bits per heavy atom. The highest BCUT2D eigenvalue weighted by Crippen LogP contribution is 2.36. The molecule has 5 rings (SSSR count). The molecule has 0 radical (unpaired) electrons. The number of rotatable bonds is 6. The van der Waals surface area contributed by atoms with Gasteiger partial charge in [-0.05, 0) is 69.0 Å². The summed E-state index contributed by atoms with van der Waals surface area (Å²) in [6.07, 6.45) is 6.78. The van der Waals surface area contributed by atoms with Gasteiger partial charge in [-0.2, -0.15) is 0 Å². The lowest BCUT2D eigenvalue weighted by atomic mass is 9.95. The molecule has 4 aromatic rings. The molecule has 1 aliphatic carbocycles. The molecule has 0 aliphatic heterocycles.